The zero-order valence-corrected chi connectivity index (χ0v) is 18.5. The molecule has 0 aliphatic carbocycles. The molecule has 0 spiro atoms. The molecule has 10 heteroatoms. The fraction of sp³-hybridized carbons (Fsp3) is 0.381. The molecule has 2 aromatic carbocycles. The molecule has 0 aliphatic heterocycles. The van der Waals surface area contributed by atoms with Crippen molar-refractivity contribution in [1.29, 1.82) is 0 Å². The van der Waals surface area contributed by atoms with Crippen LogP contribution in [0.15, 0.2) is 59.3 Å². The van der Waals surface area contributed by atoms with E-state index >= 15 is 0 Å². The third-order valence-electron chi connectivity index (χ3n) is 4.28. The predicted octanol–water partition coefficient (Wildman–Crippen LogP) is 4.75. The maximum atomic E-state index is 12.9. The monoisotopic (exact) mass is 448 g/mol. The third-order valence-corrected chi connectivity index (χ3v) is 5.19. The summed E-state index contributed by atoms with van der Waals surface area (Å²) < 4.78 is 20.5. The van der Waals surface area contributed by atoms with Crippen molar-refractivity contribution in [3.05, 3.63) is 64.7 Å². The summed E-state index contributed by atoms with van der Waals surface area (Å²) in [5.41, 5.74) is -2.12. The van der Waals surface area contributed by atoms with Gasteiger partial charge in [0.1, 0.15) is 11.9 Å². The molecule has 0 N–H and O–H groups in total. The van der Waals surface area contributed by atoms with E-state index in [-0.39, 0.29) is 17.5 Å². The lowest BCUT2D eigenvalue weighted by atomic mass is 10.1. The highest BCUT2D eigenvalue weighted by molar-refractivity contribution is 7.34. The van der Waals surface area contributed by atoms with Gasteiger partial charge in [-0.1, -0.05) is 38.5 Å². The van der Waals surface area contributed by atoms with Gasteiger partial charge in [-0.2, -0.15) is 0 Å². The van der Waals surface area contributed by atoms with Crippen molar-refractivity contribution in [2.45, 2.75) is 51.9 Å². The van der Waals surface area contributed by atoms with Crippen LogP contribution in [0.3, 0.4) is 0 Å². The number of rotatable bonds is 11. The van der Waals surface area contributed by atoms with Crippen LogP contribution in [-0.2, 0) is 9.53 Å². The van der Waals surface area contributed by atoms with Gasteiger partial charge in [0.05, 0.1) is 4.92 Å². The van der Waals surface area contributed by atoms with E-state index in [2.05, 4.69) is 4.74 Å². The summed E-state index contributed by atoms with van der Waals surface area (Å²) in [6.45, 7) is 5.17. The Labute approximate surface area is 181 Å². The van der Waals surface area contributed by atoms with Gasteiger partial charge in [-0.3, -0.25) is 14.6 Å². The lowest BCUT2D eigenvalue weighted by molar-refractivity contribution is -0.384. The highest BCUT2D eigenvalue weighted by Crippen LogP contribution is 2.31. The molecule has 2 aromatic rings. The van der Waals surface area contributed by atoms with E-state index in [9.17, 15) is 19.8 Å². The molecule has 0 fully saturated rings. The molecule has 0 aromatic heterocycles. The normalized spacial score (nSPS) is 14.3. The van der Waals surface area contributed by atoms with Gasteiger partial charge in [-0.25, -0.2) is 4.79 Å². The number of benzene rings is 2. The first-order chi connectivity index (χ1) is 14.8. The van der Waals surface area contributed by atoms with Crippen LogP contribution in [0.5, 0.6) is 11.5 Å². The molecule has 166 valence electrons. The van der Waals surface area contributed by atoms with Crippen LogP contribution < -0.4 is 14.2 Å². The Morgan fingerprint density at radius 1 is 1.13 bits per heavy atom. The predicted molar refractivity (Wildman–Crippen MR) is 114 cm³/mol. The van der Waals surface area contributed by atoms with Crippen molar-refractivity contribution in [1.82, 2.24) is 0 Å². The first kappa shape index (κ1) is 24.2. The van der Waals surface area contributed by atoms with Gasteiger partial charge in [0, 0.05) is 19.1 Å². The van der Waals surface area contributed by atoms with E-state index in [0.29, 0.717) is 18.6 Å². The molecule has 9 nitrogen and oxygen atoms in total. The second-order valence-electron chi connectivity index (χ2n) is 6.80. The van der Waals surface area contributed by atoms with Crippen molar-refractivity contribution in [2.75, 3.05) is 0 Å². The van der Waals surface area contributed by atoms with Gasteiger partial charge in [0.15, 0.2) is 5.75 Å². The van der Waals surface area contributed by atoms with E-state index < -0.39 is 24.8 Å². The number of para-hydroxylation sites is 1. The van der Waals surface area contributed by atoms with Crippen molar-refractivity contribution in [3.63, 3.8) is 0 Å². The lowest BCUT2D eigenvalue weighted by Gasteiger charge is -2.25. The molecule has 2 unspecified atom stereocenters. The second-order valence-corrected chi connectivity index (χ2v) is 7.66. The SMILES string of the molecule is CCCC(CC)OC(=O)[C@@](C)(N=[P+]([O-])Oc1ccccc1)Oc1ccc([N+](=O)[O-])cc1. The van der Waals surface area contributed by atoms with Crippen LogP contribution in [0, 0.1) is 10.1 Å². The van der Waals surface area contributed by atoms with Crippen LogP contribution in [0.25, 0.3) is 0 Å². The number of nitro benzene ring substituents is 1. The first-order valence-corrected chi connectivity index (χ1v) is 11.0. The lowest BCUT2D eigenvalue weighted by Crippen LogP contribution is -2.42. The standard InChI is InChI=1S/C21H25N2O7P/c1-4-9-17(5-2)28-20(24)21(3,22-31(27)30-19-10-7-6-8-11-19)29-18-14-12-16(13-15-18)23(25)26/h6-8,10-15,17H,4-5,9H2,1-3H3/t17?,21-/m0/s1. The number of nitrogens with zero attached hydrogens (tertiary/aromatic N) is 2. The average Bonchev–Trinajstić information content (AvgIpc) is 2.74. The Morgan fingerprint density at radius 2 is 1.77 bits per heavy atom. The molecule has 2 rings (SSSR count). The molecule has 0 amide bonds. The minimum atomic E-state index is -2.69. The number of esters is 1. The first-order valence-electron chi connectivity index (χ1n) is 9.85. The number of carbonyl (C=O) groups excluding carboxylic acids is 1. The van der Waals surface area contributed by atoms with Crippen molar-refractivity contribution in [3.8, 4) is 11.5 Å². The maximum Gasteiger partial charge on any atom is 0.399 e. The molecular formula is C21H25N2O7P. The van der Waals surface area contributed by atoms with Crippen molar-refractivity contribution >= 4 is 19.8 Å². The van der Waals surface area contributed by atoms with Crippen LogP contribution in [-0.4, -0.2) is 22.7 Å². The highest BCUT2D eigenvalue weighted by atomic mass is 31.1. The van der Waals surface area contributed by atoms with Gasteiger partial charge in [0.25, 0.3) is 5.69 Å². The molecule has 0 heterocycles. The Bertz CT molecular complexity index is 906. The number of non-ortho nitro benzene ring substituents is 1. The van der Waals surface area contributed by atoms with Crippen molar-refractivity contribution < 1.29 is 28.6 Å². The molecule has 31 heavy (non-hydrogen) atoms. The summed E-state index contributed by atoms with van der Waals surface area (Å²) in [4.78, 5) is 35.8. The number of hydrogen-bond acceptors (Lipinski definition) is 8. The highest BCUT2D eigenvalue weighted by Gasteiger charge is 2.43. The Morgan fingerprint density at radius 3 is 2.32 bits per heavy atom. The van der Waals surface area contributed by atoms with Gasteiger partial charge in [-0.15, -0.1) is 0 Å². The Balaban J connectivity index is 2.31. The van der Waals surface area contributed by atoms with E-state index in [0.717, 1.165) is 6.42 Å². The van der Waals surface area contributed by atoms with E-state index in [1.807, 2.05) is 13.8 Å². The van der Waals surface area contributed by atoms with Gasteiger partial charge in [0.2, 0.25) is 0 Å². The van der Waals surface area contributed by atoms with Crippen LogP contribution in [0.1, 0.15) is 40.0 Å². The second kappa shape index (κ2) is 11.4. The Kier molecular flexibility index (Phi) is 8.90. The Hall–Kier alpha value is -3.03. The number of carbonyl (C=O) groups is 1. The topological polar surface area (TPSA) is 123 Å². The molecule has 0 bridgehead atoms. The van der Waals surface area contributed by atoms with Gasteiger partial charge in [-0.05, 0) is 41.9 Å². The molecular weight excluding hydrogens is 423 g/mol. The number of nitro groups is 1. The smallest absolute Gasteiger partial charge is 0.399 e. The van der Waals surface area contributed by atoms with Crippen LogP contribution in [0.2, 0.25) is 0 Å². The quantitative estimate of drug-likeness (QED) is 0.210. The largest absolute Gasteiger partial charge is 0.575 e. The number of ether oxygens (including phenoxy) is 2. The zero-order valence-electron chi connectivity index (χ0n) is 17.6. The molecule has 0 saturated carbocycles. The minimum Gasteiger partial charge on any atom is -0.575 e. The van der Waals surface area contributed by atoms with E-state index in [1.54, 1.807) is 30.3 Å². The minimum absolute atomic E-state index is 0.125. The van der Waals surface area contributed by atoms with Crippen LogP contribution in [0.4, 0.5) is 5.69 Å². The fourth-order valence-electron chi connectivity index (χ4n) is 2.65. The number of hydrogen-bond donors (Lipinski definition) is 0. The summed E-state index contributed by atoms with van der Waals surface area (Å²) in [5.74, 6) is -0.387. The zero-order chi connectivity index (χ0) is 22.9. The molecule has 0 aliphatic rings. The average molecular weight is 448 g/mol. The molecule has 0 saturated heterocycles. The maximum absolute atomic E-state index is 12.9. The van der Waals surface area contributed by atoms with Crippen molar-refractivity contribution in [2.24, 2.45) is 4.74 Å². The van der Waals surface area contributed by atoms with Crippen LogP contribution >= 0.6 is 8.17 Å². The molecule has 0 radical (unpaired) electrons. The summed E-state index contributed by atoms with van der Waals surface area (Å²) >= 11 is 0. The molecule has 3 atom stereocenters. The van der Waals surface area contributed by atoms with Gasteiger partial charge >= 0.3 is 19.9 Å². The van der Waals surface area contributed by atoms with Gasteiger partial charge < -0.3 is 14.4 Å². The van der Waals surface area contributed by atoms with E-state index in [1.165, 1.54) is 31.2 Å². The summed E-state index contributed by atoms with van der Waals surface area (Å²) in [5, 5.41) is 10.9. The summed E-state index contributed by atoms with van der Waals surface area (Å²) in [7, 11) is -2.69. The summed E-state index contributed by atoms with van der Waals surface area (Å²) in [6.07, 6.45) is 1.72. The third kappa shape index (κ3) is 7.31. The fourth-order valence-corrected chi connectivity index (χ4v) is 3.42. The summed E-state index contributed by atoms with van der Waals surface area (Å²) in [6, 6.07) is 13.5. The van der Waals surface area contributed by atoms with E-state index in [4.69, 9.17) is 14.0 Å².